The first-order valence-electron chi connectivity index (χ1n) is 6.04. The number of ether oxygens (including phenoxy) is 1. The highest BCUT2D eigenvalue weighted by molar-refractivity contribution is 5.59. The van der Waals surface area contributed by atoms with Gasteiger partial charge in [-0.15, -0.1) is 0 Å². The van der Waals surface area contributed by atoms with Gasteiger partial charge in [-0.1, -0.05) is 0 Å². The van der Waals surface area contributed by atoms with Gasteiger partial charge >= 0.3 is 5.69 Å². The van der Waals surface area contributed by atoms with Gasteiger partial charge in [0.05, 0.1) is 30.3 Å². The lowest BCUT2D eigenvalue weighted by molar-refractivity contribution is -0.384. The van der Waals surface area contributed by atoms with Crippen molar-refractivity contribution in [2.24, 2.45) is 5.84 Å². The zero-order chi connectivity index (χ0) is 14.7. The van der Waals surface area contributed by atoms with Crippen molar-refractivity contribution in [2.75, 3.05) is 30.1 Å². The maximum absolute atomic E-state index is 11.1. The highest BCUT2D eigenvalue weighted by atomic mass is 16.6. The average Bonchev–Trinajstić information content (AvgIpc) is 2.47. The maximum atomic E-state index is 11.1. The molecule has 2 rings (SSSR count). The van der Waals surface area contributed by atoms with Gasteiger partial charge in [-0.3, -0.25) is 15.5 Å². The second-order valence-electron chi connectivity index (χ2n) is 4.44. The highest BCUT2D eigenvalue weighted by Crippen LogP contribution is 2.29. The lowest BCUT2D eigenvalue weighted by Crippen LogP contribution is -2.50. The van der Waals surface area contributed by atoms with Crippen LogP contribution < -0.4 is 16.2 Å². The van der Waals surface area contributed by atoms with Gasteiger partial charge in [0.1, 0.15) is 6.20 Å². The van der Waals surface area contributed by atoms with Crippen LogP contribution in [-0.2, 0) is 4.74 Å². The Morgan fingerprint density at radius 3 is 3.10 bits per heavy atom. The minimum absolute atomic E-state index is 0.0878. The summed E-state index contributed by atoms with van der Waals surface area (Å²) in [4.78, 5) is 20.0. The van der Waals surface area contributed by atoms with Crippen molar-refractivity contribution in [3.63, 3.8) is 0 Å². The topological polar surface area (TPSA) is 140 Å². The van der Waals surface area contributed by atoms with Gasteiger partial charge in [0.25, 0.3) is 0 Å². The van der Waals surface area contributed by atoms with Crippen LogP contribution in [0, 0.1) is 10.1 Å². The van der Waals surface area contributed by atoms with Crippen LogP contribution >= 0.6 is 0 Å². The number of aromatic nitrogens is 2. The molecular weight excluding hydrogens is 268 g/mol. The van der Waals surface area contributed by atoms with E-state index in [1.54, 1.807) is 4.90 Å². The highest BCUT2D eigenvalue weighted by Gasteiger charge is 2.32. The third-order valence-corrected chi connectivity index (χ3v) is 3.06. The average molecular weight is 284 g/mol. The fourth-order valence-corrected chi connectivity index (χ4v) is 2.00. The molecule has 0 spiro atoms. The number of morpholine rings is 1. The molecule has 1 aliphatic heterocycles. The molecule has 10 heteroatoms. The number of anilines is 2. The Bertz CT molecular complexity index is 499. The minimum atomic E-state index is -0.550. The van der Waals surface area contributed by atoms with Crippen molar-refractivity contribution in [2.45, 2.75) is 19.1 Å². The van der Waals surface area contributed by atoms with Crippen molar-refractivity contribution >= 4 is 17.5 Å². The van der Waals surface area contributed by atoms with Crippen LogP contribution in [0.15, 0.2) is 6.20 Å². The number of hydrazine groups is 1. The van der Waals surface area contributed by atoms with E-state index < -0.39 is 11.0 Å². The Kier molecular flexibility index (Phi) is 4.27. The molecule has 0 saturated carbocycles. The normalized spacial score (nSPS) is 22.6. The second kappa shape index (κ2) is 5.94. The summed E-state index contributed by atoms with van der Waals surface area (Å²) in [6.07, 6.45) is 0.697. The maximum Gasteiger partial charge on any atom is 0.329 e. The number of aliphatic hydroxyl groups excluding tert-OH is 1. The van der Waals surface area contributed by atoms with Crippen molar-refractivity contribution in [1.29, 1.82) is 0 Å². The van der Waals surface area contributed by atoms with Gasteiger partial charge in [-0.2, -0.15) is 4.98 Å². The van der Waals surface area contributed by atoms with Crippen LogP contribution in [0.25, 0.3) is 0 Å². The predicted molar refractivity (Wildman–Crippen MR) is 70.1 cm³/mol. The lowest BCUT2D eigenvalue weighted by atomic mass is 10.2. The number of nitrogens with two attached hydrogens (primary N) is 1. The van der Waals surface area contributed by atoms with E-state index in [-0.39, 0.29) is 30.1 Å². The van der Waals surface area contributed by atoms with E-state index in [2.05, 4.69) is 15.4 Å². The standard InChI is InChI=1S/C10H16N6O4/c1-6-5-20-7(4-17)3-15(6)9-8(16(18)19)2-12-10(13-9)14-11/h2,6-7,17H,3-5,11H2,1H3,(H,12,13,14). The number of nitrogens with one attached hydrogen (secondary N) is 1. The Morgan fingerprint density at radius 1 is 1.75 bits per heavy atom. The molecule has 1 aliphatic rings. The fourth-order valence-electron chi connectivity index (χ4n) is 2.00. The van der Waals surface area contributed by atoms with Gasteiger partial charge in [0, 0.05) is 6.54 Å². The molecule has 1 aromatic heterocycles. The number of nitro groups is 1. The third kappa shape index (κ3) is 2.76. The summed E-state index contributed by atoms with van der Waals surface area (Å²) in [5.41, 5.74) is 2.05. The summed E-state index contributed by atoms with van der Waals surface area (Å²) in [7, 11) is 0. The molecule has 1 fully saturated rings. The van der Waals surface area contributed by atoms with Crippen molar-refractivity contribution in [3.8, 4) is 0 Å². The number of nitrogen functional groups attached to an aromatic ring is 1. The molecular formula is C10H16N6O4. The summed E-state index contributed by atoms with van der Waals surface area (Å²) in [5, 5.41) is 20.3. The Hall–Kier alpha value is -2.04. The molecule has 1 aromatic rings. The Labute approximate surface area is 114 Å². The van der Waals surface area contributed by atoms with E-state index >= 15 is 0 Å². The molecule has 4 N–H and O–H groups in total. The first-order valence-corrected chi connectivity index (χ1v) is 6.04. The van der Waals surface area contributed by atoms with Crippen molar-refractivity contribution in [1.82, 2.24) is 9.97 Å². The first kappa shape index (κ1) is 14.4. The molecule has 2 heterocycles. The van der Waals surface area contributed by atoms with Crippen LogP contribution in [0.1, 0.15) is 6.92 Å². The molecule has 20 heavy (non-hydrogen) atoms. The van der Waals surface area contributed by atoms with Crippen LogP contribution in [0.3, 0.4) is 0 Å². The Balaban J connectivity index is 2.40. The summed E-state index contributed by atoms with van der Waals surface area (Å²) in [5.74, 6) is 5.48. The molecule has 10 nitrogen and oxygen atoms in total. The summed E-state index contributed by atoms with van der Waals surface area (Å²) in [6.45, 7) is 2.34. The predicted octanol–water partition coefficient (Wildman–Crippen LogP) is -0.744. The van der Waals surface area contributed by atoms with Crippen LogP contribution in [0.5, 0.6) is 0 Å². The molecule has 0 aromatic carbocycles. The molecule has 110 valence electrons. The van der Waals surface area contributed by atoms with Gasteiger partial charge in [0.15, 0.2) is 0 Å². The third-order valence-electron chi connectivity index (χ3n) is 3.06. The number of aliphatic hydroxyl groups is 1. The zero-order valence-electron chi connectivity index (χ0n) is 10.9. The number of rotatable bonds is 4. The Morgan fingerprint density at radius 2 is 2.50 bits per heavy atom. The van der Waals surface area contributed by atoms with Crippen LogP contribution in [-0.4, -0.2) is 51.9 Å². The quantitative estimate of drug-likeness (QED) is 0.370. The lowest BCUT2D eigenvalue weighted by Gasteiger charge is -2.37. The molecule has 0 bridgehead atoms. The molecule has 0 amide bonds. The van der Waals surface area contributed by atoms with E-state index in [0.717, 1.165) is 6.20 Å². The van der Waals surface area contributed by atoms with Crippen LogP contribution in [0.2, 0.25) is 0 Å². The van der Waals surface area contributed by atoms with E-state index in [9.17, 15) is 15.2 Å². The van der Waals surface area contributed by atoms with Crippen LogP contribution in [0.4, 0.5) is 17.5 Å². The smallest absolute Gasteiger partial charge is 0.329 e. The van der Waals surface area contributed by atoms with Gasteiger partial charge < -0.3 is 14.7 Å². The van der Waals surface area contributed by atoms with E-state index in [1.165, 1.54) is 0 Å². The van der Waals surface area contributed by atoms with Gasteiger partial charge in [-0.25, -0.2) is 10.8 Å². The summed E-state index contributed by atoms with van der Waals surface area (Å²) < 4.78 is 5.40. The monoisotopic (exact) mass is 284 g/mol. The fraction of sp³-hybridized carbons (Fsp3) is 0.600. The molecule has 2 atom stereocenters. The summed E-state index contributed by atoms with van der Waals surface area (Å²) in [6, 6.07) is -0.114. The molecule has 0 radical (unpaired) electrons. The molecule has 0 aliphatic carbocycles. The van der Waals surface area contributed by atoms with Crippen molar-refractivity contribution in [3.05, 3.63) is 16.3 Å². The molecule has 2 unspecified atom stereocenters. The van der Waals surface area contributed by atoms with Gasteiger partial charge in [0.2, 0.25) is 11.8 Å². The zero-order valence-corrected chi connectivity index (χ0v) is 10.9. The number of hydrogen-bond acceptors (Lipinski definition) is 9. The SMILES string of the molecule is CC1COC(CO)CN1c1nc(NN)ncc1[N+](=O)[O-]. The van der Waals surface area contributed by atoms with E-state index in [0.29, 0.717) is 13.2 Å². The number of hydrogen-bond donors (Lipinski definition) is 3. The minimum Gasteiger partial charge on any atom is -0.394 e. The van der Waals surface area contributed by atoms with Gasteiger partial charge in [-0.05, 0) is 6.92 Å². The van der Waals surface area contributed by atoms with E-state index in [1.807, 2.05) is 6.92 Å². The molecule has 1 saturated heterocycles. The number of nitrogens with zero attached hydrogens (tertiary/aromatic N) is 4. The van der Waals surface area contributed by atoms with Crippen molar-refractivity contribution < 1.29 is 14.8 Å². The summed E-state index contributed by atoms with van der Waals surface area (Å²) >= 11 is 0. The second-order valence-corrected chi connectivity index (χ2v) is 4.44. The first-order chi connectivity index (χ1) is 9.56. The van der Waals surface area contributed by atoms with E-state index in [4.69, 9.17) is 10.6 Å². The largest absolute Gasteiger partial charge is 0.394 e.